The largest absolute Gasteiger partial charge is 0.229 e. The first-order valence-electron chi connectivity index (χ1n) is 7.09. The van der Waals surface area contributed by atoms with Gasteiger partial charge in [-0.25, -0.2) is 9.97 Å². The number of rotatable bonds is 3. The lowest BCUT2D eigenvalue weighted by Gasteiger charge is -2.20. The quantitative estimate of drug-likeness (QED) is 0.589. The summed E-state index contributed by atoms with van der Waals surface area (Å²) < 4.78 is 0. The second kappa shape index (κ2) is 5.80. The Balaban J connectivity index is 1.80. The highest BCUT2D eigenvalue weighted by Gasteiger charge is 2.16. The molecular formula is C15H20N2S2. The van der Waals surface area contributed by atoms with Gasteiger partial charge in [-0.2, -0.15) is 0 Å². The van der Waals surface area contributed by atoms with Crippen molar-refractivity contribution >= 4 is 33.3 Å². The van der Waals surface area contributed by atoms with Crippen LogP contribution in [0.4, 0.5) is 0 Å². The maximum Gasteiger partial charge on any atom is 0.128 e. The Kier molecular flexibility index (Phi) is 4.08. The van der Waals surface area contributed by atoms with E-state index in [1.165, 1.54) is 58.7 Å². The number of hydrogen-bond donors (Lipinski definition) is 0. The molecule has 1 aliphatic rings. The summed E-state index contributed by atoms with van der Waals surface area (Å²) >= 11 is 3.73. The highest BCUT2D eigenvalue weighted by atomic mass is 32.2. The molecule has 2 nitrogen and oxygen atoms in total. The Morgan fingerprint density at radius 2 is 2.00 bits per heavy atom. The zero-order valence-corrected chi connectivity index (χ0v) is 13.2. The second-order valence-electron chi connectivity index (χ2n) is 5.46. The molecule has 19 heavy (non-hydrogen) atoms. The third-order valence-corrected chi connectivity index (χ3v) is 6.45. The van der Waals surface area contributed by atoms with Crippen molar-refractivity contribution in [2.75, 3.05) is 5.75 Å². The van der Waals surface area contributed by atoms with Crippen molar-refractivity contribution in [1.82, 2.24) is 9.97 Å². The van der Waals surface area contributed by atoms with Crippen LogP contribution in [0, 0.1) is 19.8 Å². The smallest absolute Gasteiger partial charge is 0.128 e. The molecule has 1 fully saturated rings. The van der Waals surface area contributed by atoms with E-state index in [0.29, 0.717) is 0 Å². The summed E-state index contributed by atoms with van der Waals surface area (Å²) in [5.41, 5.74) is 1.37. The minimum Gasteiger partial charge on any atom is -0.229 e. The monoisotopic (exact) mass is 292 g/mol. The van der Waals surface area contributed by atoms with Crippen LogP contribution in [0.15, 0.2) is 11.4 Å². The second-order valence-corrected chi connectivity index (χ2v) is 7.67. The SMILES string of the molecule is Cc1sc2ncnc(SCC3CCCCC3)c2c1C. The van der Waals surface area contributed by atoms with Crippen molar-refractivity contribution in [1.29, 1.82) is 0 Å². The van der Waals surface area contributed by atoms with Gasteiger partial charge in [-0.3, -0.25) is 0 Å². The van der Waals surface area contributed by atoms with Gasteiger partial charge in [-0.05, 0) is 38.2 Å². The fourth-order valence-corrected chi connectivity index (χ4v) is 5.11. The van der Waals surface area contributed by atoms with Crippen LogP contribution in [-0.4, -0.2) is 15.7 Å². The average molecular weight is 292 g/mol. The highest BCUT2D eigenvalue weighted by Crippen LogP contribution is 2.36. The lowest BCUT2D eigenvalue weighted by Crippen LogP contribution is -2.08. The molecule has 0 unspecified atom stereocenters. The zero-order chi connectivity index (χ0) is 13.2. The third-order valence-electron chi connectivity index (χ3n) is 4.11. The van der Waals surface area contributed by atoms with Gasteiger partial charge in [0.25, 0.3) is 0 Å². The Labute approximate surface area is 123 Å². The van der Waals surface area contributed by atoms with E-state index >= 15 is 0 Å². The van der Waals surface area contributed by atoms with Crippen molar-refractivity contribution in [2.45, 2.75) is 51.0 Å². The van der Waals surface area contributed by atoms with E-state index in [2.05, 4.69) is 23.8 Å². The Morgan fingerprint density at radius 3 is 2.79 bits per heavy atom. The molecule has 0 saturated heterocycles. The summed E-state index contributed by atoms with van der Waals surface area (Å²) in [6.45, 7) is 4.37. The van der Waals surface area contributed by atoms with Gasteiger partial charge in [0.1, 0.15) is 16.2 Å². The minimum absolute atomic E-state index is 0.892. The summed E-state index contributed by atoms with van der Waals surface area (Å²) in [6.07, 6.45) is 8.80. The predicted molar refractivity (Wildman–Crippen MR) is 84.2 cm³/mol. The standard InChI is InChI=1S/C15H20N2S2/c1-10-11(2)19-15-13(10)14(16-9-17-15)18-8-12-6-4-3-5-7-12/h9,12H,3-8H2,1-2H3. The average Bonchev–Trinajstić information content (AvgIpc) is 2.74. The van der Waals surface area contributed by atoms with Gasteiger partial charge < -0.3 is 0 Å². The molecule has 3 rings (SSSR count). The lowest BCUT2D eigenvalue weighted by molar-refractivity contribution is 0.391. The van der Waals surface area contributed by atoms with E-state index in [1.807, 2.05) is 11.8 Å². The fraction of sp³-hybridized carbons (Fsp3) is 0.600. The first-order chi connectivity index (χ1) is 9.25. The van der Waals surface area contributed by atoms with Crippen LogP contribution < -0.4 is 0 Å². The molecule has 102 valence electrons. The highest BCUT2D eigenvalue weighted by molar-refractivity contribution is 7.99. The fourth-order valence-electron chi connectivity index (χ4n) is 2.81. The number of hydrogen-bond acceptors (Lipinski definition) is 4. The molecule has 1 saturated carbocycles. The summed E-state index contributed by atoms with van der Waals surface area (Å²) in [5, 5.41) is 2.49. The summed E-state index contributed by atoms with van der Waals surface area (Å²) in [5.74, 6) is 2.12. The Morgan fingerprint density at radius 1 is 1.21 bits per heavy atom. The Hall–Kier alpha value is -0.610. The van der Waals surface area contributed by atoms with Crippen molar-refractivity contribution in [3.63, 3.8) is 0 Å². The van der Waals surface area contributed by atoms with Crippen LogP contribution >= 0.6 is 23.1 Å². The van der Waals surface area contributed by atoms with Crippen LogP contribution in [0.5, 0.6) is 0 Å². The van der Waals surface area contributed by atoms with Gasteiger partial charge in [-0.15, -0.1) is 23.1 Å². The summed E-state index contributed by atoms with van der Waals surface area (Å²) in [6, 6.07) is 0. The van der Waals surface area contributed by atoms with E-state index in [9.17, 15) is 0 Å². The molecule has 0 aromatic carbocycles. The Bertz CT molecular complexity index is 571. The number of aryl methyl sites for hydroxylation is 2. The van der Waals surface area contributed by atoms with Gasteiger partial charge in [0, 0.05) is 16.0 Å². The predicted octanol–water partition coefficient (Wildman–Crippen LogP) is 4.98. The van der Waals surface area contributed by atoms with Gasteiger partial charge in [0.2, 0.25) is 0 Å². The van der Waals surface area contributed by atoms with Gasteiger partial charge in [-0.1, -0.05) is 19.3 Å². The van der Waals surface area contributed by atoms with Crippen LogP contribution in [0.3, 0.4) is 0 Å². The van der Waals surface area contributed by atoms with Crippen LogP contribution in [0.25, 0.3) is 10.2 Å². The molecule has 0 radical (unpaired) electrons. The molecule has 2 heterocycles. The first-order valence-corrected chi connectivity index (χ1v) is 8.89. The van der Waals surface area contributed by atoms with E-state index < -0.39 is 0 Å². The van der Waals surface area contributed by atoms with Crippen molar-refractivity contribution in [3.05, 3.63) is 16.8 Å². The molecule has 0 spiro atoms. The molecule has 2 aromatic rings. The van der Waals surface area contributed by atoms with Gasteiger partial charge in [0.05, 0.1) is 0 Å². The van der Waals surface area contributed by atoms with Crippen LogP contribution in [-0.2, 0) is 0 Å². The van der Waals surface area contributed by atoms with Crippen LogP contribution in [0.2, 0.25) is 0 Å². The van der Waals surface area contributed by atoms with E-state index in [0.717, 1.165) is 10.7 Å². The molecule has 0 amide bonds. The van der Waals surface area contributed by atoms with Crippen LogP contribution in [0.1, 0.15) is 42.5 Å². The molecule has 1 aliphatic carbocycles. The first kappa shape index (κ1) is 13.4. The third kappa shape index (κ3) is 2.79. The summed E-state index contributed by atoms with van der Waals surface area (Å²) in [4.78, 5) is 11.5. The number of nitrogens with zero attached hydrogens (tertiary/aromatic N) is 2. The van der Waals surface area contributed by atoms with Gasteiger partial charge in [0.15, 0.2) is 0 Å². The molecule has 4 heteroatoms. The lowest BCUT2D eigenvalue weighted by atomic mass is 9.91. The van der Waals surface area contributed by atoms with Gasteiger partial charge >= 0.3 is 0 Å². The van der Waals surface area contributed by atoms with Crippen molar-refractivity contribution in [2.24, 2.45) is 5.92 Å². The molecule has 0 aliphatic heterocycles. The maximum absolute atomic E-state index is 4.52. The molecule has 0 bridgehead atoms. The number of aromatic nitrogens is 2. The number of fused-ring (bicyclic) bond motifs is 1. The van der Waals surface area contributed by atoms with Crippen molar-refractivity contribution < 1.29 is 0 Å². The maximum atomic E-state index is 4.52. The number of thioether (sulfide) groups is 1. The van der Waals surface area contributed by atoms with Crippen molar-refractivity contribution in [3.8, 4) is 0 Å². The molecule has 2 aromatic heterocycles. The minimum atomic E-state index is 0.892. The van der Waals surface area contributed by atoms with E-state index in [4.69, 9.17) is 0 Å². The molecule has 0 N–H and O–H groups in total. The topological polar surface area (TPSA) is 25.8 Å². The van der Waals surface area contributed by atoms with E-state index in [-0.39, 0.29) is 0 Å². The molecule has 0 atom stereocenters. The van der Waals surface area contributed by atoms with E-state index in [1.54, 1.807) is 17.7 Å². The number of thiophene rings is 1. The normalized spacial score (nSPS) is 17.2. The summed E-state index contributed by atoms with van der Waals surface area (Å²) in [7, 11) is 0. The zero-order valence-electron chi connectivity index (χ0n) is 11.6. The molecular weight excluding hydrogens is 272 g/mol.